The molecule has 0 aliphatic carbocycles. The van der Waals surface area contributed by atoms with Crippen molar-refractivity contribution in [2.75, 3.05) is 5.73 Å². The number of nitrogen functional groups attached to an aromatic ring is 1. The Hall–Kier alpha value is -1.54. The number of hydrogen-bond donors (Lipinski definition) is 1. The summed E-state index contributed by atoms with van der Waals surface area (Å²) in [7, 11) is 0. The van der Waals surface area contributed by atoms with E-state index in [0.29, 0.717) is 0 Å². The molecule has 0 bridgehead atoms. The third-order valence-electron chi connectivity index (χ3n) is 3.51. The quantitative estimate of drug-likeness (QED) is 0.900. The number of alkyl halides is 1. The van der Waals surface area contributed by atoms with Crippen molar-refractivity contribution >= 4 is 5.82 Å². The molecule has 0 unspecified atom stereocenters. The second kappa shape index (κ2) is 4.86. The molecule has 0 aromatic carbocycles. The molecule has 19 heavy (non-hydrogen) atoms. The molecular weight excluding hydrogens is 260 g/mol. The smallest absolute Gasteiger partial charge is 0.351 e. The number of ether oxygens (including phenoxy) is 1. The Morgan fingerprint density at radius 3 is 2.84 bits per heavy atom. The van der Waals surface area contributed by atoms with Gasteiger partial charge in [-0.15, -0.1) is 0 Å². The molecule has 2 heterocycles. The Balaban J connectivity index is 2.39. The third kappa shape index (κ3) is 2.10. The monoisotopic (exact) mass is 275 g/mol. The summed E-state index contributed by atoms with van der Waals surface area (Å²) in [5.41, 5.74) is 4.59. The summed E-state index contributed by atoms with van der Waals surface area (Å²) in [6, 6.07) is 1.34. The lowest BCUT2D eigenvalue weighted by Crippen LogP contribution is -2.36. The van der Waals surface area contributed by atoms with Crippen LogP contribution in [-0.2, 0) is 9.68 Å². The van der Waals surface area contributed by atoms with Crippen LogP contribution in [0.3, 0.4) is 0 Å². The van der Waals surface area contributed by atoms with Gasteiger partial charge in [-0.05, 0) is 10.6 Å². The van der Waals surface area contributed by atoms with E-state index in [0.717, 1.165) is 4.57 Å². The number of aromatic nitrogens is 2. The highest BCUT2D eigenvalue weighted by Crippen LogP contribution is 2.45. The number of nitrogens with two attached hydrogens (primary N) is 1. The van der Waals surface area contributed by atoms with Gasteiger partial charge in [0.2, 0.25) is 5.79 Å². The van der Waals surface area contributed by atoms with Crippen LogP contribution in [0.4, 0.5) is 14.7 Å². The van der Waals surface area contributed by atoms with Crippen LogP contribution in [0.5, 0.6) is 0 Å². The van der Waals surface area contributed by atoms with Gasteiger partial charge < -0.3 is 10.5 Å². The lowest BCUT2D eigenvalue weighted by Gasteiger charge is -2.25. The van der Waals surface area contributed by atoms with Gasteiger partial charge in [0.15, 0.2) is 12.4 Å². The van der Waals surface area contributed by atoms with Gasteiger partial charge in [-0.25, -0.2) is 9.18 Å². The Morgan fingerprint density at radius 1 is 1.68 bits per heavy atom. The first-order valence-corrected chi connectivity index (χ1v) is 5.91. The highest BCUT2D eigenvalue weighted by molar-refractivity contribution is 5.23. The first-order valence-electron chi connectivity index (χ1n) is 5.91. The normalized spacial score (nSPS) is 34.6. The molecule has 0 amide bonds. The van der Waals surface area contributed by atoms with Gasteiger partial charge in [0, 0.05) is 18.5 Å². The molecule has 4 atom stereocenters. The molecule has 1 saturated heterocycles. The number of halogens is 2. The van der Waals surface area contributed by atoms with Crippen molar-refractivity contribution in [3.63, 3.8) is 0 Å². The van der Waals surface area contributed by atoms with Gasteiger partial charge in [0.25, 0.3) is 0 Å². The van der Waals surface area contributed by atoms with Crippen molar-refractivity contribution in [1.82, 2.24) is 9.55 Å². The van der Waals surface area contributed by atoms with Gasteiger partial charge >= 0.3 is 5.69 Å². The lowest BCUT2D eigenvalue weighted by atomic mass is 9.96. The van der Waals surface area contributed by atoms with Crippen LogP contribution in [0.1, 0.15) is 26.5 Å². The largest absolute Gasteiger partial charge is 0.383 e. The molecule has 1 aromatic heterocycles. The molecule has 8 heteroatoms. The maximum Gasteiger partial charge on any atom is 0.351 e. The average molecular weight is 275 g/mol. The minimum absolute atomic E-state index is 0.0196. The fraction of sp³-hybridized carbons (Fsp3) is 0.636. The number of anilines is 1. The molecular formula is C11H15F2N3O3. The molecule has 1 aliphatic rings. The molecule has 0 saturated carbocycles. The second-order valence-electron chi connectivity index (χ2n) is 4.53. The summed E-state index contributed by atoms with van der Waals surface area (Å²) < 4.78 is 33.2. The van der Waals surface area contributed by atoms with Gasteiger partial charge in [-0.1, -0.05) is 13.8 Å². The first kappa shape index (κ1) is 13.9. The summed E-state index contributed by atoms with van der Waals surface area (Å²) in [6.07, 6.45) is -1.51. The third-order valence-corrected chi connectivity index (χ3v) is 3.51. The zero-order valence-electron chi connectivity index (χ0n) is 10.5. The van der Waals surface area contributed by atoms with Crippen molar-refractivity contribution in [2.24, 2.45) is 5.92 Å². The van der Waals surface area contributed by atoms with Crippen molar-refractivity contribution < 1.29 is 18.6 Å². The molecule has 1 fully saturated rings. The maximum atomic E-state index is 14.2. The van der Waals surface area contributed by atoms with Gasteiger partial charge in [-0.2, -0.15) is 9.93 Å². The summed E-state index contributed by atoms with van der Waals surface area (Å²) in [6.45, 7) is 3.07. The maximum absolute atomic E-state index is 14.2. The second-order valence-corrected chi connectivity index (χ2v) is 4.53. The van der Waals surface area contributed by atoms with Crippen LogP contribution >= 0.6 is 0 Å². The Bertz CT molecular complexity index is 518. The van der Waals surface area contributed by atoms with E-state index < -0.39 is 29.8 Å². The van der Waals surface area contributed by atoms with E-state index in [2.05, 4.69) is 9.93 Å². The Labute approximate surface area is 108 Å². The zero-order chi connectivity index (χ0) is 14.2. The van der Waals surface area contributed by atoms with Crippen LogP contribution in [0, 0.1) is 5.92 Å². The van der Waals surface area contributed by atoms with E-state index in [4.69, 9.17) is 10.5 Å². The fourth-order valence-electron chi connectivity index (χ4n) is 2.24. The topological polar surface area (TPSA) is 79.4 Å². The zero-order valence-corrected chi connectivity index (χ0v) is 10.5. The molecule has 0 radical (unpaired) electrons. The van der Waals surface area contributed by atoms with E-state index in [1.54, 1.807) is 6.92 Å². The summed E-state index contributed by atoms with van der Waals surface area (Å²) in [4.78, 5) is 19.0. The lowest BCUT2D eigenvalue weighted by molar-refractivity contribution is -0.356. The Kier molecular flexibility index (Phi) is 3.55. The van der Waals surface area contributed by atoms with Gasteiger partial charge in [0.05, 0.1) is 0 Å². The number of nitrogens with zero attached hydrogens (tertiary/aromatic N) is 2. The van der Waals surface area contributed by atoms with Crippen LogP contribution in [-0.4, -0.2) is 21.5 Å². The summed E-state index contributed by atoms with van der Waals surface area (Å²) >= 11 is 0. The van der Waals surface area contributed by atoms with E-state index >= 15 is 0 Å². The highest BCUT2D eigenvalue weighted by atomic mass is 19.3. The summed E-state index contributed by atoms with van der Waals surface area (Å²) in [5.74, 6) is -2.53. The van der Waals surface area contributed by atoms with Crippen molar-refractivity contribution in [3.8, 4) is 0 Å². The predicted molar refractivity (Wildman–Crippen MR) is 62.3 cm³/mol. The minimum atomic E-state index is -1.69. The van der Waals surface area contributed by atoms with Crippen molar-refractivity contribution in [2.45, 2.75) is 38.5 Å². The Morgan fingerprint density at radius 2 is 2.37 bits per heavy atom. The molecule has 0 spiro atoms. The molecule has 1 aliphatic heterocycles. The van der Waals surface area contributed by atoms with E-state index in [1.165, 1.54) is 19.2 Å². The summed E-state index contributed by atoms with van der Waals surface area (Å²) in [5, 5.41) is 0. The van der Waals surface area contributed by atoms with E-state index in [9.17, 15) is 13.7 Å². The molecule has 106 valence electrons. The fourth-order valence-corrected chi connectivity index (χ4v) is 2.24. The average Bonchev–Trinajstić information content (AvgIpc) is 2.64. The highest BCUT2D eigenvalue weighted by Gasteiger charge is 2.55. The molecule has 1 aromatic rings. The van der Waals surface area contributed by atoms with Gasteiger partial charge in [-0.3, -0.25) is 4.57 Å². The van der Waals surface area contributed by atoms with E-state index in [1.807, 2.05) is 0 Å². The number of hydrogen-bond acceptors (Lipinski definition) is 5. The van der Waals surface area contributed by atoms with Crippen LogP contribution in [0.2, 0.25) is 0 Å². The first-order chi connectivity index (χ1) is 8.95. The van der Waals surface area contributed by atoms with E-state index in [-0.39, 0.29) is 12.2 Å². The van der Waals surface area contributed by atoms with Crippen LogP contribution in [0.25, 0.3) is 0 Å². The van der Waals surface area contributed by atoms with Crippen LogP contribution < -0.4 is 11.4 Å². The minimum Gasteiger partial charge on any atom is -0.383 e. The SMILES string of the molecule is CC[C@@]1(OF)O[C@@H](n2ccc(N)nc2=O)[C@H](F)[C@@H]1C. The molecule has 6 nitrogen and oxygen atoms in total. The van der Waals surface area contributed by atoms with Gasteiger partial charge in [0.1, 0.15) is 5.82 Å². The number of rotatable bonds is 3. The predicted octanol–water partition coefficient (Wildman–Crippen LogP) is 1.34. The molecule has 2 N–H and O–H groups in total. The van der Waals surface area contributed by atoms with Crippen LogP contribution in [0.15, 0.2) is 17.1 Å². The molecule has 2 rings (SSSR count). The standard InChI is InChI=1S/C11H15F2N3O3/c1-3-11(19-13)6(2)8(12)9(18-11)16-5-4-7(14)15-10(16)17/h4-6,8-9H,3H2,1-2H3,(H2,14,15,17)/t6-,8+,9+,11-/m0/s1. The van der Waals surface area contributed by atoms with Crippen molar-refractivity contribution in [1.29, 1.82) is 0 Å². The van der Waals surface area contributed by atoms with Crippen molar-refractivity contribution in [3.05, 3.63) is 22.7 Å².